The fraction of sp³-hybridized carbons (Fsp3) is 0.368. The van der Waals surface area contributed by atoms with Gasteiger partial charge < -0.3 is 10.0 Å². The predicted octanol–water partition coefficient (Wildman–Crippen LogP) is 1.95. The molecule has 27 heavy (non-hydrogen) atoms. The molecule has 0 unspecified atom stereocenters. The number of carbonyl (C=O) groups is 1. The largest absolute Gasteiger partial charge is 0.387 e. The molecule has 0 saturated heterocycles. The summed E-state index contributed by atoms with van der Waals surface area (Å²) in [4.78, 5) is 14.7. The van der Waals surface area contributed by atoms with Crippen LogP contribution in [0.4, 0.5) is 0 Å². The minimum Gasteiger partial charge on any atom is -0.387 e. The number of hydrogen-bond acceptors (Lipinski definition) is 5. The van der Waals surface area contributed by atoms with Crippen LogP contribution in [0.5, 0.6) is 0 Å². The van der Waals surface area contributed by atoms with Crippen LogP contribution in [0.2, 0.25) is 0 Å². The lowest BCUT2D eigenvalue weighted by Crippen LogP contribution is -2.31. The number of benzene rings is 1. The zero-order chi connectivity index (χ0) is 18.8. The molecule has 1 aromatic carbocycles. The van der Waals surface area contributed by atoms with Gasteiger partial charge in [-0.15, -0.1) is 5.10 Å². The van der Waals surface area contributed by atoms with E-state index < -0.39 is 6.10 Å². The average molecular weight is 366 g/mol. The number of nitrogens with zero attached hydrogens (tertiary/aromatic N) is 6. The van der Waals surface area contributed by atoms with Gasteiger partial charge in [0.05, 0.1) is 35.9 Å². The van der Waals surface area contributed by atoms with Crippen molar-refractivity contribution in [2.24, 2.45) is 0 Å². The molecule has 0 bridgehead atoms. The van der Waals surface area contributed by atoms with Crippen LogP contribution in [-0.4, -0.2) is 47.2 Å². The number of aliphatic hydroxyl groups is 1. The summed E-state index contributed by atoms with van der Waals surface area (Å²) >= 11 is 0. The molecule has 0 radical (unpaired) electrons. The van der Waals surface area contributed by atoms with E-state index in [4.69, 9.17) is 0 Å². The molecule has 140 valence electrons. The van der Waals surface area contributed by atoms with E-state index in [-0.39, 0.29) is 5.91 Å². The Kier molecular flexibility index (Phi) is 4.72. The predicted molar refractivity (Wildman–Crippen MR) is 98.2 cm³/mol. The molecule has 8 heteroatoms. The number of rotatable bonds is 4. The molecule has 0 fully saturated rings. The molecule has 0 spiro atoms. The van der Waals surface area contributed by atoms with Crippen molar-refractivity contribution in [3.63, 3.8) is 0 Å². The third-order valence-electron chi connectivity index (χ3n) is 4.78. The van der Waals surface area contributed by atoms with Crippen LogP contribution in [0, 0.1) is 0 Å². The lowest BCUT2D eigenvalue weighted by Gasteiger charge is -2.18. The summed E-state index contributed by atoms with van der Waals surface area (Å²) < 4.78 is 3.49. The maximum atomic E-state index is 12.9. The highest BCUT2D eigenvalue weighted by atomic mass is 16.3. The van der Waals surface area contributed by atoms with Crippen LogP contribution >= 0.6 is 0 Å². The number of aryl methyl sites for hydroxylation is 1. The van der Waals surface area contributed by atoms with Crippen molar-refractivity contribution < 1.29 is 9.90 Å². The first-order valence-electron chi connectivity index (χ1n) is 9.17. The molecule has 4 rings (SSSR count). The van der Waals surface area contributed by atoms with E-state index in [0.29, 0.717) is 30.9 Å². The Hall–Kier alpha value is -3.00. The van der Waals surface area contributed by atoms with E-state index in [1.807, 2.05) is 48.0 Å². The summed E-state index contributed by atoms with van der Waals surface area (Å²) in [6.45, 7) is 3.72. The number of hydrogen-bond donors (Lipinski definition) is 1. The molecular formula is C19H22N6O2. The van der Waals surface area contributed by atoms with Crippen molar-refractivity contribution in [3.05, 3.63) is 59.7 Å². The normalized spacial score (nSPS) is 15.3. The first kappa shape index (κ1) is 17.4. The molecule has 1 aliphatic rings. The highest BCUT2D eigenvalue weighted by Gasteiger charge is 2.24. The highest BCUT2D eigenvalue weighted by molar-refractivity contribution is 5.92. The summed E-state index contributed by atoms with van der Waals surface area (Å²) in [5.74, 6) is -0.149. The fourth-order valence-electron chi connectivity index (χ4n) is 3.26. The Morgan fingerprint density at radius 1 is 1.26 bits per heavy atom. The summed E-state index contributed by atoms with van der Waals surface area (Å²) in [6, 6.07) is 11.5. The van der Waals surface area contributed by atoms with Gasteiger partial charge in [0.2, 0.25) is 0 Å². The monoisotopic (exact) mass is 366 g/mol. The topological polar surface area (TPSA) is 89.1 Å². The van der Waals surface area contributed by atoms with Gasteiger partial charge in [-0.3, -0.25) is 9.48 Å². The summed E-state index contributed by atoms with van der Waals surface area (Å²) in [5, 5.41) is 22.7. The Bertz CT molecular complexity index is 933. The third kappa shape index (κ3) is 3.48. The van der Waals surface area contributed by atoms with E-state index in [9.17, 15) is 9.90 Å². The van der Waals surface area contributed by atoms with Gasteiger partial charge >= 0.3 is 0 Å². The van der Waals surface area contributed by atoms with Gasteiger partial charge in [0.15, 0.2) is 5.69 Å². The van der Waals surface area contributed by atoms with E-state index in [0.717, 1.165) is 24.3 Å². The SMILES string of the molecule is CC[C@@H](O)c1cc2n(n1)CCCN(C(=O)c1cn(-c3ccccc3)nn1)C2. The van der Waals surface area contributed by atoms with Crippen LogP contribution in [0.25, 0.3) is 5.69 Å². The van der Waals surface area contributed by atoms with Crippen LogP contribution in [0.1, 0.15) is 47.7 Å². The minimum atomic E-state index is -0.570. The van der Waals surface area contributed by atoms with Gasteiger partial charge in [-0.25, -0.2) is 4.68 Å². The van der Waals surface area contributed by atoms with Crippen molar-refractivity contribution in [2.45, 2.75) is 39.0 Å². The zero-order valence-electron chi connectivity index (χ0n) is 15.2. The first-order valence-corrected chi connectivity index (χ1v) is 9.17. The molecule has 3 heterocycles. The van der Waals surface area contributed by atoms with Crippen molar-refractivity contribution in [1.29, 1.82) is 0 Å². The standard InChI is InChI=1S/C19H22N6O2/c1-2-18(26)16-11-15-12-23(9-6-10-24(15)21-16)19(27)17-13-25(22-20-17)14-7-4-3-5-8-14/h3-5,7-8,11,13,18,26H,2,6,9-10,12H2,1H3/t18-/m1/s1. The van der Waals surface area contributed by atoms with E-state index in [1.165, 1.54) is 0 Å². The smallest absolute Gasteiger partial charge is 0.276 e. The highest BCUT2D eigenvalue weighted by Crippen LogP contribution is 2.21. The van der Waals surface area contributed by atoms with Gasteiger partial charge in [-0.1, -0.05) is 30.3 Å². The molecule has 3 aromatic rings. The van der Waals surface area contributed by atoms with E-state index >= 15 is 0 Å². The van der Waals surface area contributed by atoms with Gasteiger partial charge in [-0.05, 0) is 31.0 Å². The Morgan fingerprint density at radius 3 is 2.85 bits per heavy atom. The Morgan fingerprint density at radius 2 is 2.07 bits per heavy atom. The number of para-hydroxylation sites is 1. The van der Waals surface area contributed by atoms with Gasteiger partial charge in [0, 0.05) is 13.1 Å². The van der Waals surface area contributed by atoms with Gasteiger partial charge in [0.25, 0.3) is 5.91 Å². The lowest BCUT2D eigenvalue weighted by molar-refractivity contribution is 0.0739. The molecular weight excluding hydrogens is 344 g/mol. The van der Waals surface area contributed by atoms with Gasteiger partial charge in [0.1, 0.15) is 0 Å². The number of carbonyl (C=O) groups excluding carboxylic acids is 1. The number of aliphatic hydroxyl groups excluding tert-OH is 1. The van der Waals surface area contributed by atoms with Crippen molar-refractivity contribution in [3.8, 4) is 5.69 Å². The third-order valence-corrected chi connectivity index (χ3v) is 4.78. The van der Waals surface area contributed by atoms with Crippen LogP contribution in [0.3, 0.4) is 0 Å². The molecule has 2 aromatic heterocycles. The molecule has 1 amide bonds. The average Bonchev–Trinajstić information content (AvgIpc) is 3.30. The van der Waals surface area contributed by atoms with E-state index in [1.54, 1.807) is 15.8 Å². The molecule has 0 aliphatic carbocycles. The van der Waals surface area contributed by atoms with Crippen LogP contribution in [0.15, 0.2) is 42.6 Å². The number of aromatic nitrogens is 5. The van der Waals surface area contributed by atoms with Crippen LogP contribution < -0.4 is 0 Å². The molecule has 1 atom stereocenters. The quantitative estimate of drug-likeness (QED) is 0.762. The molecule has 1 aliphatic heterocycles. The van der Waals surface area contributed by atoms with Crippen molar-refractivity contribution in [2.75, 3.05) is 6.54 Å². The minimum absolute atomic E-state index is 0.149. The molecule has 1 N–H and O–H groups in total. The van der Waals surface area contributed by atoms with E-state index in [2.05, 4.69) is 15.4 Å². The second-order valence-electron chi connectivity index (χ2n) is 6.67. The van der Waals surface area contributed by atoms with Crippen LogP contribution in [-0.2, 0) is 13.1 Å². The Labute approximate surface area is 157 Å². The van der Waals surface area contributed by atoms with Crippen molar-refractivity contribution in [1.82, 2.24) is 29.7 Å². The zero-order valence-corrected chi connectivity index (χ0v) is 15.2. The fourth-order valence-corrected chi connectivity index (χ4v) is 3.26. The summed E-state index contributed by atoms with van der Waals surface area (Å²) in [7, 11) is 0. The summed E-state index contributed by atoms with van der Waals surface area (Å²) in [5.41, 5.74) is 2.77. The first-order chi connectivity index (χ1) is 13.2. The Balaban J connectivity index is 1.54. The summed E-state index contributed by atoms with van der Waals surface area (Å²) in [6.07, 6.45) is 2.50. The molecule has 0 saturated carbocycles. The van der Waals surface area contributed by atoms with Crippen molar-refractivity contribution >= 4 is 5.91 Å². The van der Waals surface area contributed by atoms with Gasteiger partial charge in [-0.2, -0.15) is 5.10 Å². The molecule has 8 nitrogen and oxygen atoms in total. The number of fused-ring (bicyclic) bond motifs is 1. The maximum absolute atomic E-state index is 12.9. The lowest BCUT2D eigenvalue weighted by atomic mass is 10.2. The maximum Gasteiger partial charge on any atom is 0.276 e. The second kappa shape index (κ2) is 7.32. The second-order valence-corrected chi connectivity index (χ2v) is 6.67. The number of amides is 1.